The number of hydrogen-bond donors (Lipinski definition) is 0. The monoisotopic (exact) mass is 748 g/mol. The van der Waals surface area contributed by atoms with Crippen LogP contribution in [0.3, 0.4) is 0 Å². The summed E-state index contributed by atoms with van der Waals surface area (Å²) in [6, 6.07) is 79.6. The molecule has 0 radical (unpaired) electrons. The highest BCUT2D eigenvalue weighted by atomic mass is 15.1. The molecule has 11 aromatic rings. The summed E-state index contributed by atoms with van der Waals surface area (Å²) < 4.78 is 2.27. The number of fused-ring (bicyclic) bond motifs is 11. The molecule has 1 heterocycles. The van der Waals surface area contributed by atoms with Gasteiger partial charge in [0.2, 0.25) is 0 Å². The van der Waals surface area contributed by atoms with Crippen molar-refractivity contribution in [2.45, 2.75) is 0 Å². The molecule has 0 N–H and O–H groups in total. The second-order valence-corrected chi connectivity index (χ2v) is 15.4. The number of para-hydroxylation sites is 3. The lowest BCUT2D eigenvalue weighted by Crippen LogP contribution is -1.98. The van der Waals surface area contributed by atoms with Crippen molar-refractivity contribution in [2.75, 3.05) is 0 Å². The molecule has 1 aliphatic carbocycles. The first-order chi connectivity index (χ1) is 29.3. The zero-order valence-electron chi connectivity index (χ0n) is 32.2. The van der Waals surface area contributed by atoms with Gasteiger partial charge < -0.3 is 0 Å². The molecule has 0 bridgehead atoms. The van der Waals surface area contributed by atoms with Gasteiger partial charge in [-0.05, 0) is 119 Å². The van der Waals surface area contributed by atoms with Crippen LogP contribution in [-0.4, -0.2) is 9.55 Å². The van der Waals surface area contributed by atoms with Gasteiger partial charge >= 0.3 is 0 Å². The van der Waals surface area contributed by atoms with E-state index in [1.54, 1.807) is 0 Å². The van der Waals surface area contributed by atoms with Crippen LogP contribution in [0.25, 0.3) is 116 Å². The van der Waals surface area contributed by atoms with Gasteiger partial charge in [-0.15, -0.1) is 0 Å². The third-order valence-electron chi connectivity index (χ3n) is 12.2. The maximum absolute atomic E-state index is 5.15. The van der Waals surface area contributed by atoms with Crippen molar-refractivity contribution >= 4 is 32.6 Å². The van der Waals surface area contributed by atoms with E-state index in [-0.39, 0.29) is 0 Å². The molecule has 0 amide bonds. The summed E-state index contributed by atoms with van der Waals surface area (Å²) >= 11 is 0. The summed E-state index contributed by atoms with van der Waals surface area (Å²) in [5.41, 5.74) is 19.2. The van der Waals surface area contributed by atoms with Crippen molar-refractivity contribution in [3.63, 3.8) is 0 Å². The van der Waals surface area contributed by atoms with Crippen LogP contribution in [0, 0.1) is 0 Å². The first-order valence-electron chi connectivity index (χ1n) is 20.3. The molecule has 59 heavy (non-hydrogen) atoms. The van der Waals surface area contributed by atoms with Gasteiger partial charge in [-0.25, -0.2) is 4.98 Å². The van der Waals surface area contributed by atoms with Crippen molar-refractivity contribution in [1.29, 1.82) is 0 Å². The molecule has 0 saturated carbocycles. The van der Waals surface area contributed by atoms with E-state index in [4.69, 9.17) is 4.98 Å². The van der Waals surface area contributed by atoms with E-state index in [0.717, 1.165) is 28.1 Å². The van der Waals surface area contributed by atoms with Crippen LogP contribution in [0.15, 0.2) is 218 Å². The molecule has 12 rings (SSSR count). The number of benzene rings is 10. The average Bonchev–Trinajstić information content (AvgIpc) is 3.70. The second kappa shape index (κ2) is 13.4. The Balaban J connectivity index is 1.06. The summed E-state index contributed by atoms with van der Waals surface area (Å²) in [6.45, 7) is 0. The van der Waals surface area contributed by atoms with Gasteiger partial charge in [0, 0.05) is 11.3 Å². The van der Waals surface area contributed by atoms with Gasteiger partial charge in [0.25, 0.3) is 0 Å². The lowest BCUT2D eigenvalue weighted by atomic mass is 9.79. The predicted octanol–water partition coefficient (Wildman–Crippen LogP) is 15.3. The molecule has 0 fully saturated rings. The molecule has 0 spiro atoms. The Morgan fingerprint density at radius 1 is 0.288 bits per heavy atom. The first kappa shape index (κ1) is 33.3. The lowest BCUT2D eigenvalue weighted by Gasteiger charge is -2.24. The van der Waals surface area contributed by atoms with Gasteiger partial charge in [0.1, 0.15) is 5.82 Å². The molecule has 274 valence electrons. The fraction of sp³-hybridized carbons (Fsp3) is 0. The molecular weight excluding hydrogens is 713 g/mol. The normalized spacial score (nSPS) is 11.7. The van der Waals surface area contributed by atoms with Crippen LogP contribution in [0.2, 0.25) is 0 Å². The molecule has 2 nitrogen and oxygen atoms in total. The van der Waals surface area contributed by atoms with Gasteiger partial charge in [-0.1, -0.05) is 188 Å². The van der Waals surface area contributed by atoms with Crippen molar-refractivity contribution in [1.82, 2.24) is 9.55 Å². The summed E-state index contributed by atoms with van der Waals surface area (Å²) in [6.07, 6.45) is 0. The van der Waals surface area contributed by atoms with E-state index in [0.29, 0.717) is 0 Å². The van der Waals surface area contributed by atoms with Crippen LogP contribution in [0.1, 0.15) is 0 Å². The number of nitrogens with zero attached hydrogens (tertiary/aromatic N) is 2. The molecule has 0 aliphatic heterocycles. The van der Waals surface area contributed by atoms with E-state index in [9.17, 15) is 0 Å². The maximum Gasteiger partial charge on any atom is 0.145 e. The van der Waals surface area contributed by atoms with E-state index in [1.165, 1.54) is 88.3 Å². The number of aromatic nitrogens is 2. The minimum Gasteiger partial charge on any atom is -0.292 e. The van der Waals surface area contributed by atoms with Gasteiger partial charge in [0.05, 0.1) is 11.0 Å². The Bertz CT molecular complexity index is 3360. The smallest absolute Gasteiger partial charge is 0.145 e. The van der Waals surface area contributed by atoms with Crippen LogP contribution in [-0.2, 0) is 0 Å². The Kier molecular flexibility index (Phi) is 7.57. The Labute approximate surface area is 343 Å². The van der Waals surface area contributed by atoms with Crippen molar-refractivity contribution in [3.8, 4) is 83.8 Å². The van der Waals surface area contributed by atoms with Crippen LogP contribution < -0.4 is 0 Å². The standard InChI is InChI=1S/C57H36N2/c1-2-16-40(17-3-1)59-54-29-15-14-28-53(54)58-57(59)38-32-30-37(31-33-38)55-48-24-10-12-26-50(48)56(51-27-13-11-25-49(51)55)39-34-35-47-45-22-7-6-20-43(45)41-18-4-5-19-42(41)44-21-8-9-23-46(44)52(47)36-39/h1-36H. The van der Waals surface area contributed by atoms with Gasteiger partial charge in [0.15, 0.2) is 0 Å². The highest BCUT2D eigenvalue weighted by Crippen LogP contribution is 2.50. The summed E-state index contributed by atoms with van der Waals surface area (Å²) in [7, 11) is 0. The summed E-state index contributed by atoms with van der Waals surface area (Å²) in [5.74, 6) is 0.931. The van der Waals surface area contributed by atoms with E-state index >= 15 is 0 Å². The van der Waals surface area contributed by atoms with Crippen LogP contribution >= 0.6 is 0 Å². The summed E-state index contributed by atoms with van der Waals surface area (Å²) in [4.78, 5) is 5.15. The molecule has 2 heteroatoms. The minimum atomic E-state index is 0.931. The van der Waals surface area contributed by atoms with Crippen LogP contribution in [0.5, 0.6) is 0 Å². The van der Waals surface area contributed by atoms with E-state index in [2.05, 4.69) is 223 Å². The quantitative estimate of drug-likeness (QED) is 0.164. The average molecular weight is 749 g/mol. The molecule has 10 aromatic carbocycles. The molecule has 0 saturated heterocycles. The molecule has 0 unspecified atom stereocenters. The highest BCUT2D eigenvalue weighted by Gasteiger charge is 2.24. The van der Waals surface area contributed by atoms with Crippen LogP contribution in [0.4, 0.5) is 0 Å². The molecule has 0 atom stereocenters. The maximum atomic E-state index is 5.15. The van der Waals surface area contributed by atoms with E-state index < -0.39 is 0 Å². The van der Waals surface area contributed by atoms with Gasteiger partial charge in [-0.3, -0.25) is 4.57 Å². The minimum absolute atomic E-state index is 0.931. The fourth-order valence-electron chi connectivity index (χ4n) is 9.61. The lowest BCUT2D eigenvalue weighted by molar-refractivity contribution is 1.10. The summed E-state index contributed by atoms with van der Waals surface area (Å²) in [5, 5.41) is 4.94. The Hall–Kier alpha value is -7.81. The predicted molar refractivity (Wildman–Crippen MR) is 248 cm³/mol. The Morgan fingerprint density at radius 3 is 1.22 bits per heavy atom. The van der Waals surface area contributed by atoms with Gasteiger partial charge in [-0.2, -0.15) is 0 Å². The van der Waals surface area contributed by atoms with Crippen molar-refractivity contribution < 1.29 is 0 Å². The third-order valence-corrected chi connectivity index (χ3v) is 12.2. The zero-order valence-corrected chi connectivity index (χ0v) is 32.2. The topological polar surface area (TPSA) is 17.8 Å². The largest absolute Gasteiger partial charge is 0.292 e. The Morgan fingerprint density at radius 2 is 0.678 bits per heavy atom. The molecule has 1 aliphatic rings. The highest BCUT2D eigenvalue weighted by molar-refractivity contribution is 6.22. The van der Waals surface area contributed by atoms with Crippen molar-refractivity contribution in [3.05, 3.63) is 218 Å². The number of hydrogen-bond acceptors (Lipinski definition) is 1. The zero-order chi connectivity index (χ0) is 38.9. The second-order valence-electron chi connectivity index (χ2n) is 15.4. The van der Waals surface area contributed by atoms with E-state index in [1.807, 2.05) is 0 Å². The number of rotatable bonds is 4. The molecule has 1 aromatic heterocycles. The fourth-order valence-corrected chi connectivity index (χ4v) is 9.61. The SMILES string of the molecule is c1ccc(-n2c(-c3ccc(-c4c5ccccc5c(-c5ccc6c(c5)-c5ccccc5-c5ccccc5-c5ccccc5-6)c5ccccc45)cc3)nc3ccccc32)cc1. The first-order valence-corrected chi connectivity index (χ1v) is 20.3. The molecular formula is C57H36N2. The van der Waals surface area contributed by atoms with Crippen molar-refractivity contribution in [2.24, 2.45) is 0 Å². The number of imidazole rings is 1. The third kappa shape index (κ3) is 5.24.